The molecule has 21 heavy (non-hydrogen) atoms. The average Bonchev–Trinajstić information content (AvgIpc) is 2.83. The molecule has 0 amide bonds. The molecule has 2 heterocycles. The van der Waals surface area contributed by atoms with Gasteiger partial charge in [0.25, 0.3) is 0 Å². The molecule has 2 aromatic rings. The smallest absolute Gasteiger partial charge is 0.126 e. The molecule has 1 aliphatic carbocycles. The first kappa shape index (κ1) is 13.0. The summed E-state index contributed by atoms with van der Waals surface area (Å²) in [6, 6.07) is 5.89. The Kier molecular flexibility index (Phi) is 3.23. The van der Waals surface area contributed by atoms with Crippen LogP contribution in [0.4, 0.5) is 4.39 Å². The Hall–Kier alpha value is -1.74. The normalized spacial score (nSPS) is 20.7. The van der Waals surface area contributed by atoms with Crippen LogP contribution in [0.15, 0.2) is 30.6 Å². The van der Waals surface area contributed by atoms with Crippen molar-refractivity contribution in [3.05, 3.63) is 64.2 Å². The largest absolute Gasteiger partial charge is 0.316 e. The van der Waals surface area contributed by atoms with Gasteiger partial charge in [-0.25, -0.2) is 4.39 Å². The van der Waals surface area contributed by atoms with Crippen LogP contribution in [0.25, 0.3) is 0 Å². The molecule has 0 saturated heterocycles. The molecule has 4 rings (SSSR count). The standard InChI is InChI=1S/C18H19FN2/c19-17-10-12-5-8-20-9-6-15(12)18-14(3-4-16(17)18)13-2-1-7-21-11-13/h1-2,7,10-11,14,20H,3-6,8-9H2. The Morgan fingerprint density at radius 2 is 2.05 bits per heavy atom. The highest BCUT2D eigenvalue weighted by Crippen LogP contribution is 2.42. The third-order valence-corrected chi connectivity index (χ3v) is 4.87. The van der Waals surface area contributed by atoms with Crippen molar-refractivity contribution in [3.63, 3.8) is 0 Å². The summed E-state index contributed by atoms with van der Waals surface area (Å²) in [4.78, 5) is 4.25. The summed E-state index contributed by atoms with van der Waals surface area (Å²) in [6.07, 6.45) is 7.53. The first-order chi connectivity index (χ1) is 10.3. The maximum absolute atomic E-state index is 14.5. The van der Waals surface area contributed by atoms with E-state index < -0.39 is 0 Å². The molecule has 1 atom stereocenters. The summed E-state index contributed by atoms with van der Waals surface area (Å²) in [5, 5.41) is 3.42. The fourth-order valence-electron chi connectivity index (χ4n) is 3.91. The Labute approximate surface area is 124 Å². The van der Waals surface area contributed by atoms with Crippen LogP contribution in [0.3, 0.4) is 0 Å². The molecule has 3 heteroatoms. The van der Waals surface area contributed by atoms with E-state index in [9.17, 15) is 4.39 Å². The molecule has 1 aromatic heterocycles. The molecule has 0 bridgehead atoms. The molecule has 1 unspecified atom stereocenters. The van der Waals surface area contributed by atoms with Crippen molar-refractivity contribution in [2.24, 2.45) is 0 Å². The van der Waals surface area contributed by atoms with Crippen LogP contribution < -0.4 is 5.32 Å². The van der Waals surface area contributed by atoms with Gasteiger partial charge in [-0.2, -0.15) is 0 Å². The fourth-order valence-corrected chi connectivity index (χ4v) is 3.91. The van der Waals surface area contributed by atoms with E-state index in [1.807, 2.05) is 12.3 Å². The molecule has 2 aliphatic rings. The third-order valence-electron chi connectivity index (χ3n) is 4.87. The van der Waals surface area contributed by atoms with E-state index in [-0.39, 0.29) is 5.82 Å². The van der Waals surface area contributed by atoms with Gasteiger partial charge < -0.3 is 5.32 Å². The SMILES string of the molecule is Fc1cc2c(c3c1CCC3c1cccnc1)CCNCC2. The first-order valence-corrected chi connectivity index (χ1v) is 7.78. The molecular weight excluding hydrogens is 263 g/mol. The van der Waals surface area contributed by atoms with Crippen molar-refractivity contribution in [2.75, 3.05) is 13.1 Å². The van der Waals surface area contributed by atoms with Gasteiger partial charge in [-0.15, -0.1) is 0 Å². The molecule has 0 fully saturated rings. The second kappa shape index (κ2) is 5.23. The zero-order valence-corrected chi connectivity index (χ0v) is 12.0. The predicted molar refractivity (Wildman–Crippen MR) is 81.1 cm³/mol. The lowest BCUT2D eigenvalue weighted by atomic mass is 9.86. The number of benzene rings is 1. The van der Waals surface area contributed by atoms with Crippen molar-refractivity contribution in [3.8, 4) is 0 Å². The van der Waals surface area contributed by atoms with Crippen LogP contribution in [0.2, 0.25) is 0 Å². The molecule has 0 spiro atoms. The molecule has 1 aliphatic heterocycles. The highest BCUT2D eigenvalue weighted by Gasteiger charge is 2.31. The molecule has 2 nitrogen and oxygen atoms in total. The van der Waals surface area contributed by atoms with E-state index >= 15 is 0 Å². The third kappa shape index (κ3) is 2.16. The van der Waals surface area contributed by atoms with Crippen LogP contribution in [0.1, 0.15) is 40.2 Å². The van der Waals surface area contributed by atoms with E-state index in [0.717, 1.165) is 44.3 Å². The Morgan fingerprint density at radius 3 is 2.90 bits per heavy atom. The number of rotatable bonds is 1. The number of halogens is 1. The van der Waals surface area contributed by atoms with E-state index in [2.05, 4.69) is 16.4 Å². The van der Waals surface area contributed by atoms with E-state index in [4.69, 9.17) is 0 Å². The number of nitrogens with one attached hydrogen (secondary N) is 1. The minimum absolute atomic E-state index is 0.00274. The highest BCUT2D eigenvalue weighted by atomic mass is 19.1. The molecule has 1 aromatic carbocycles. The monoisotopic (exact) mass is 282 g/mol. The molecule has 0 saturated carbocycles. The Balaban J connectivity index is 1.88. The van der Waals surface area contributed by atoms with Crippen molar-refractivity contribution >= 4 is 0 Å². The summed E-state index contributed by atoms with van der Waals surface area (Å²) in [5.74, 6) is 0.313. The number of nitrogens with zero attached hydrogens (tertiary/aromatic N) is 1. The fraction of sp³-hybridized carbons (Fsp3) is 0.389. The minimum Gasteiger partial charge on any atom is -0.316 e. The van der Waals surface area contributed by atoms with Gasteiger partial charge in [-0.3, -0.25) is 4.98 Å². The minimum atomic E-state index is -0.00274. The quantitative estimate of drug-likeness (QED) is 0.870. The highest BCUT2D eigenvalue weighted by molar-refractivity contribution is 5.51. The Bertz CT molecular complexity index is 667. The van der Waals surface area contributed by atoms with Crippen LogP contribution in [-0.2, 0) is 19.3 Å². The van der Waals surface area contributed by atoms with Gasteiger partial charge in [0.1, 0.15) is 5.82 Å². The maximum atomic E-state index is 14.5. The van der Waals surface area contributed by atoms with Crippen LogP contribution in [0.5, 0.6) is 0 Å². The van der Waals surface area contributed by atoms with Gasteiger partial charge in [0, 0.05) is 18.3 Å². The second-order valence-corrected chi connectivity index (χ2v) is 6.02. The molecule has 1 N–H and O–H groups in total. The predicted octanol–water partition coefficient (Wildman–Crippen LogP) is 2.99. The number of aromatic nitrogens is 1. The lowest BCUT2D eigenvalue weighted by Crippen LogP contribution is -2.16. The van der Waals surface area contributed by atoms with Crippen LogP contribution >= 0.6 is 0 Å². The second-order valence-electron chi connectivity index (χ2n) is 6.02. The first-order valence-electron chi connectivity index (χ1n) is 7.78. The Morgan fingerprint density at radius 1 is 1.14 bits per heavy atom. The number of hydrogen-bond donors (Lipinski definition) is 1. The zero-order chi connectivity index (χ0) is 14.2. The van der Waals surface area contributed by atoms with Crippen molar-refractivity contribution < 1.29 is 4.39 Å². The van der Waals surface area contributed by atoms with Gasteiger partial charge in [0.15, 0.2) is 0 Å². The number of hydrogen-bond acceptors (Lipinski definition) is 2. The zero-order valence-electron chi connectivity index (χ0n) is 12.0. The summed E-state index contributed by atoms with van der Waals surface area (Å²) < 4.78 is 14.5. The van der Waals surface area contributed by atoms with Crippen LogP contribution in [0, 0.1) is 5.82 Å². The van der Waals surface area contributed by atoms with Gasteiger partial charge in [-0.1, -0.05) is 6.07 Å². The topological polar surface area (TPSA) is 24.9 Å². The number of fused-ring (bicyclic) bond motifs is 3. The van der Waals surface area contributed by atoms with Crippen LogP contribution in [-0.4, -0.2) is 18.1 Å². The van der Waals surface area contributed by atoms with Crippen molar-refractivity contribution in [2.45, 2.75) is 31.6 Å². The van der Waals surface area contributed by atoms with E-state index in [1.54, 1.807) is 12.3 Å². The van der Waals surface area contributed by atoms with Gasteiger partial charge >= 0.3 is 0 Å². The molecule has 0 radical (unpaired) electrons. The van der Waals surface area contributed by atoms with E-state index in [0.29, 0.717) is 5.92 Å². The van der Waals surface area contributed by atoms with Gasteiger partial charge in [-0.05, 0) is 78.7 Å². The van der Waals surface area contributed by atoms with E-state index in [1.165, 1.54) is 22.3 Å². The summed E-state index contributed by atoms with van der Waals surface area (Å²) in [6.45, 7) is 1.94. The maximum Gasteiger partial charge on any atom is 0.126 e. The van der Waals surface area contributed by atoms with Gasteiger partial charge in [0.05, 0.1) is 0 Å². The lowest BCUT2D eigenvalue weighted by molar-refractivity contribution is 0.609. The summed E-state index contributed by atoms with van der Waals surface area (Å²) >= 11 is 0. The summed E-state index contributed by atoms with van der Waals surface area (Å²) in [7, 11) is 0. The summed E-state index contributed by atoms with van der Waals surface area (Å²) in [5.41, 5.74) is 6.03. The lowest BCUT2D eigenvalue weighted by Gasteiger charge is -2.18. The van der Waals surface area contributed by atoms with Crippen molar-refractivity contribution in [1.29, 1.82) is 0 Å². The number of pyridine rings is 1. The van der Waals surface area contributed by atoms with Gasteiger partial charge in [0.2, 0.25) is 0 Å². The molecule has 108 valence electrons. The molecular formula is C18H19FN2. The average molecular weight is 282 g/mol. The van der Waals surface area contributed by atoms with Crippen molar-refractivity contribution in [1.82, 2.24) is 10.3 Å².